The van der Waals surface area contributed by atoms with Crippen LogP contribution in [0, 0.1) is 0 Å². The maximum absolute atomic E-state index is 12.1. The lowest BCUT2D eigenvalue weighted by Crippen LogP contribution is -2.56. The highest BCUT2D eigenvalue weighted by Crippen LogP contribution is 2.44. The standard InChI is InChI=1S/C19H26N4O7/c1-18(2)27-14-10(26-17-16(15(14)28-18)29-19(3,4)30-17)8-22-9-11(20-21-22)23-12(24)6-5-7-13(23)25/h9-10,14-17H,5-8H2,1-4H3/t10?,14-,15?,16?,17+/m0/s1. The summed E-state index contributed by atoms with van der Waals surface area (Å²) in [6, 6.07) is 0. The van der Waals surface area contributed by atoms with Gasteiger partial charge in [-0.1, -0.05) is 5.21 Å². The Morgan fingerprint density at radius 2 is 1.60 bits per heavy atom. The SMILES string of the molecule is CC1(C)OC2C3OC(C)(C)O[C@H]3C(Cn3cc(N4C(=O)CCCC4=O)nn3)O[C@@H]2O1. The monoisotopic (exact) mass is 422 g/mol. The fourth-order valence-corrected chi connectivity index (χ4v) is 4.51. The minimum absolute atomic E-state index is 0.223. The normalized spacial score (nSPS) is 37.3. The first-order valence-electron chi connectivity index (χ1n) is 10.2. The summed E-state index contributed by atoms with van der Waals surface area (Å²) in [7, 11) is 0. The molecule has 4 aliphatic heterocycles. The molecule has 4 saturated heterocycles. The highest BCUT2D eigenvalue weighted by molar-refractivity contribution is 6.15. The summed E-state index contributed by atoms with van der Waals surface area (Å²) in [6.45, 7) is 7.64. The lowest BCUT2D eigenvalue weighted by molar-refractivity contribution is -0.236. The summed E-state index contributed by atoms with van der Waals surface area (Å²) in [5.74, 6) is -1.88. The molecule has 0 N–H and O–H groups in total. The Labute approximate surface area is 173 Å². The van der Waals surface area contributed by atoms with Gasteiger partial charge in [-0.2, -0.15) is 0 Å². The van der Waals surface area contributed by atoms with E-state index in [0.29, 0.717) is 19.3 Å². The van der Waals surface area contributed by atoms with E-state index >= 15 is 0 Å². The van der Waals surface area contributed by atoms with Crippen molar-refractivity contribution in [2.24, 2.45) is 0 Å². The largest absolute Gasteiger partial charge is 0.342 e. The van der Waals surface area contributed by atoms with E-state index in [-0.39, 0.29) is 30.3 Å². The molecule has 5 atom stereocenters. The maximum Gasteiger partial charge on any atom is 0.235 e. The van der Waals surface area contributed by atoms with Crippen LogP contribution in [0.25, 0.3) is 0 Å². The van der Waals surface area contributed by atoms with E-state index in [4.69, 9.17) is 23.7 Å². The van der Waals surface area contributed by atoms with E-state index in [1.807, 2.05) is 27.7 Å². The Morgan fingerprint density at radius 3 is 2.33 bits per heavy atom. The van der Waals surface area contributed by atoms with Gasteiger partial charge >= 0.3 is 0 Å². The van der Waals surface area contributed by atoms with Gasteiger partial charge in [0, 0.05) is 12.8 Å². The molecule has 11 nitrogen and oxygen atoms in total. The number of aromatic nitrogens is 3. The third kappa shape index (κ3) is 3.44. The van der Waals surface area contributed by atoms with Crippen LogP contribution in [0.1, 0.15) is 47.0 Å². The zero-order valence-corrected chi connectivity index (χ0v) is 17.4. The van der Waals surface area contributed by atoms with Crippen molar-refractivity contribution in [1.82, 2.24) is 15.0 Å². The minimum atomic E-state index is -0.791. The number of rotatable bonds is 3. The average Bonchev–Trinajstić information content (AvgIpc) is 3.29. The van der Waals surface area contributed by atoms with Crippen LogP contribution in [-0.2, 0) is 39.8 Å². The molecule has 0 bridgehead atoms. The molecule has 5 heterocycles. The smallest absolute Gasteiger partial charge is 0.235 e. The Balaban J connectivity index is 1.36. The van der Waals surface area contributed by atoms with Crippen molar-refractivity contribution in [3.05, 3.63) is 6.20 Å². The summed E-state index contributed by atoms with van der Waals surface area (Å²) >= 11 is 0. The van der Waals surface area contributed by atoms with Gasteiger partial charge in [0.1, 0.15) is 24.4 Å². The third-order valence-electron chi connectivity index (χ3n) is 5.65. The molecule has 0 radical (unpaired) electrons. The molecule has 1 aromatic rings. The fourth-order valence-electron chi connectivity index (χ4n) is 4.51. The maximum atomic E-state index is 12.1. The van der Waals surface area contributed by atoms with Gasteiger partial charge < -0.3 is 23.7 Å². The molecular formula is C19H26N4O7. The predicted molar refractivity (Wildman–Crippen MR) is 98.9 cm³/mol. The molecule has 0 aromatic carbocycles. The number of carbonyl (C=O) groups excluding carboxylic acids is 2. The molecular weight excluding hydrogens is 396 g/mol. The number of imide groups is 1. The molecule has 4 aliphatic rings. The number of carbonyl (C=O) groups is 2. The second kappa shape index (κ2) is 6.79. The van der Waals surface area contributed by atoms with Crippen LogP contribution < -0.4 is 4.90 Å². The molecule has 0 spiro atoms. The van der Waals surface area contributed by atoms with Crippen LogP contribution in [0.15, 0.2) is 6.20 Å². The first-order chi connectivity index (χ1) is 14.1. The van der Waals surface area contributed by atoms with Gasteiger partial charge in [0.25, 0.3) is 0 Å². The van der Waals surface area contributed by atoms with Crippen molar-refractivity contribution >= 4 is 17.6 Å². The molecule has 1 aromatic heterocycles. The van der Waals surface area contributed by atoms with Crippen LogP contribution in [0.3, 0.4) is 0 Å². The van der Waals surface area contributed by atoms with Crippen molar-refractivity contribution in [2.45, 2.75) is 95.8 Å². The van der Waals surface area contributed by atoms with Gasteiger partial charge in [0.15, 0.2) is 23.7 Å². The summed E-state index contributed by atoms with van der Waals surface area (Å²) in [5, 5.41) is 8.11. The third-order valence-corrected chi connectivity index (χ3v) is 5.65. The van der Waals surface area contributed by atoms with Crippen molar-refractivity contribution in [2.75, 3.05) is 4.90 Å². The molecule has 3 unspecified atom stereocenters. The molecule has 0 saturated carbocycles. The zero-order chi connectivity index (χ0) is 21.3. The number of piperidine rings is 1. The number of ether oxygens (including phenoxy) is 5. The lowest BCUT2D eigenvalue weighted by Gasteiger charge is -2.37. The number of hydrogen-bond acceptors (Lipinski definition) is 9. The summed E-state index contributed by atoms with van der Waals surface area (Å²) in [5.41, 5.74) is 0. The Hall–Kier alpha value is -1.92. The average molecular weight is 422 g/mol. The molecule has 164 valence electrons. The summed E-state index contributed by atoms with van der Waals surface area (Å²) in [4.78, 5) is 25.4. The van der Waals surface area contributed by atoms with Crippen LogP contribution in [-0.4, -0.2) is 69.1 Å². The molecule has 0 aliphatic carbocycles. The predicted octanol–water partition coefficient (Wildman–Crippen LogP) is 0.718. The fraction of sp³-hybridized carbons (Fsp3) is 0.789. The van der Waals surface area contributed by atoms with Crippen molar-refractivity contribution < 1.29 is 33.3 Å². The van der Waals surface area contributed by atoms with Crippen LogP contribution >= 0.6 is 0 Å². The van der Waals surface area contributed by atoms with Crippen LogP contribution in [0.4, 0.5) is 5.82 Å². The lowest BCUT2D eigenvalue weighted by atomic mass is 9.99. The summed E-state index contributed by atoms with van der Waals surface area (Å²) in [6.07, 6.45) is 0.573. The van der Waals surface area contributed by atoms with Gasteiger partial charge in [-0.25, -0.2) is 9.58 Å². The Kier molecular flexibility index (Phi) is 4.53. The molecule has 5 rings (SSSR count). The van der Waals surface area contributed by atoms with E-state index in [1.165, 1.54) is 0 Å². The second-order valence-corrected chi connectivity index (χ2v) is 8.98. The van der Waals surface area contributed by atoms with Gasteiger partial charge in [0.2, 0.25) is 11.8 Å². The zero-order valence-electron chi connectivity index (χ0n) is 17.4. The van der Waals surface area contributed by atoms with E-state index < -0.39 is 36.2 Å². The molecule has 4 fully saturated rings. The van der Waals surface area contributed by atoms with Crippen molar-refractivity contribution in [3.63, 3.8) is 0 Å². The van der Waals surface area contributed by atoms with Gasteiger partial charge in [-0.05, 0) is 34.1 Å². The first-order valence-corrected chi connectivity index (χ1v) is 10.2. The second-order valence-electron chi connectivity index (χ2n) is 8.98. The highest BCUT2D eigenvalue weighted by Gasteiger charge is 2.60. The van der Waals surface area contributed by atoms with Gasteiger partial charge in [-0.3, -0.25) is 9.59 Å². The first kappa shape index (κ1) is 20.0. The number of hydrogen-bond donors (Lipinski definition) is 0. The quantitative estimate of drug-likeness (QED) is 0.650. The molecule has 30 heavy (non-hydrogen) atoms. The van der Waals surface area contributed by atoms with Gasteiger partial charge in [-0.15, -0.1) is 5.10 Å². The van der Waals surface area contributed by atoms with Crippen molar-refractivity contribution in [1.29, 1.82) is 0 Å². The van der Waals surface area contributed by atoms with E-state index in [1.54, 1.807) is 10.9 Å². The minimum Gasteiger partial charge on any atom is -0.342 e. The van der Waals surface area contributed by atoms with Crippen LogP contribution in [0.2, 0.25) is 0 Å². The van der Waals surface area contributed by atoms with E-state index in [0.717, 1.165) is 4.90 Å². The molecule has 11 heteroatoms. The topological polar surface area (TPSA) is 114 Å². The number of anilines is 1. The van der Waals surface area contributed by atoms with E-state index in [9.17, 15) is 9.59 Å². The summed E-state index contributed by atoms with van der Waals surface area (Å²) < 4.78 is 31.8. The van der Waals surface area contributed by atoms with Crippen molar-refractivity contribution in [3.8, 4) is 0 Å². The number of nitrogens with zero attached hydrogens (tertiary/aromatic N) is 4. The Morgan fingerprint density at radius 1 is 0.967 bits per heavy atom. The number of fused-ring (bicyclic) bond motifs is 3. The van der Waals surface area contributed by atoms with Gasteiger partial charge in [0.05, 0.1) is 12.7 Å². The number of amides is 2. The Bertz CT molecular complexity index is 853. The van der Waals surface area contributed by atoms with Crippen LogP contribution in [0.5, 0.6) is 0 Å². The molecule has 2 amide bonds. The van der Waals surface area contributed by atoms with E-state index in [2.05, 4.69) is 10.3 Å². The highest BCUT2D eigenvalue weighted by atomic mass is 16.9.